The molecular formula is C26H30N4O3. The van der Waals surface area contributed by atoms with E-state index in [0.717, 1.165) is 34.1 Å². The van der Waals surface area contributed by atoms with Crippen molar-refractivity contribution >= 4 is 11.7 Å². The number of rotatable bonds is 6. The first kappa shape index (κ1) is 22.7. The van der Waals surface area contributed by atoms with Crippen LogP contribution in [0, 0.1) is 18.8 Å². The Hall–Kier alpha value is -3.48. The van der Waals surface area contributed by atoms with Gasteiger partial charge in [-0.3, -0.25) is 14.4 Å². The van der Waals surface area contributed by atoms with Crippen LogP contribution in [-0.4, -0.2) is 40.2 Å². The summed E-state index contributed by atoms with van der Waals surface area (Å²) in [4.78, 5) is 17.8. The van der Waals surface area contributed by atoms with Gasteiger partial charge in [-0.2, -0.15) is 0 Å². The molecule has 1 aromatic heterocycles. The fraction of sp³-hybridized carbons (Fsp3) is 0.385. The zero-order valence-corrected chi connectivity index (χ0v) is 19.8. The summed E-state index contributed by atoms with van der Waals surface area (Å²) >= 11 is 0. The highest BCUT2D eigenvalue weighted by molar-refractivity contribution is 6.17. The third-order valence-electron chi connectivity index (χ3n) is 5.61. The Labute approximate surface area is 194 Å². The second-order valence-electron chi connectivity index (χ2n) is 8.82. The maximum absolute atomic E-state index is 12.7. The summed E-state index contributed by atoms with van der Waals surface area (Å²) in [6.45, 7) is 8.44. The first-order valence-corrected chi connectivity index (χ1v) is 11.3. The second-order valence-corrected chi connectivity index (χ2v) is 8.82. The molecular weight excluding hydrogens is 416 g/mol. The van der Waals surface area contributed by atoms with Gasteiger partial charge in [-0.15, -0.1) is 10.2 Å². The molecule has 2 heterocycles. The molecule has 172 valence electrons. The lowest BCUT2D eigenvalue weighted by Crippen LogP contribution is -2.15. The van der Waals surface area contributed by atoms with Crippen molar-refractivity contribution in [1.29, 1.82) is 0 Å². The summed E-state index contributed by atoms with van der Waals surface area (Å²) in [6.07, 6.45) is 10.5. The number of methoxy groups -OCH3 is 1. The van der Waals surface area contributed by atoms with E-state index in [1.54, 1.807) is 7.11 Å². The van der Waals surface area contributed by atoms with Crippen LogP contribution in [0.5, 0.6) is 5.75 Å². The molecule has 0 fully saturated rings. The Morgan fingerprint density at radius 1 is 1.21 bits per heavy atom. The van der Waals surface area contributed by atoms with Crippen molar-refractivity contribution in [3.63, 3.8) is 0 Å². The van der Waals surface area contributed by atoms with Gasteiger partial charge in [-0.1, -0.05) is 51.2 Å². The minimum Gasteiger partial charge on any atom is -0.497 e. The fourth-order valence-corrected chi connectivity index (χ4v) is 3.91. The Balaban J connectivity index is 1.87. The monoisotopic (exact) mass is 446 g/mol. The number of nitrogens with zero attached hydrogens (tertiary/aromatic N) is 4. The van der Waals surface area contributed by atoms with Crippen LogP contribution in [0.2, 0.25) is 0 Å². The molecule has 7 heteroatoms. The molecule has 4 rings (SSSR count). The summed E-state index contributed by atoms with van der Waals surface area (Å²) in [5.74, 6) is 2.36. The van der Waals surface area contributed by atoms with Crippen molar-refractivity contribution < 1.29 is 14.3 Å². The number of benzene rings is 1. The van der Waals surface area contributed by atoms with E-state index in [-0.39, 0.29) is 18.3 Å². The number of fused-ring (bicyclic) bond motifs is 3. The fourth-order valence-electron chi connectivity index (χ4n) is 3.91. The summed E-state index contributed by atoms with van der Waals surface area (Å²) < 4.78 is 13.0. The smallest absolute Gasteiger partial charge is 0.308 e. The van der Waals surface area contributed by atoms with E-state index in [2.05, 4.69) is 41.4 Å². The van der Waals surface area contributed by atoms with Crippen LogP contribution in [0.1, 0.15) is 50.4 Å². The van der Waals surface area contributed by atoms with Crippen molar-refractivity contribution in [2.24, 2.45) is 16.8 Å². The number of esters is 1. The molecule has 2 aliphatic rings. The number of ether oxygens (including phenoxy) is 2. The summed E-state index contributed by atoms with van der Waals surface area (Å²) in [5.41, 5.74) is 3.54. The summed E-state index contributed by atoms with van der Waals surface area (Å²) in [5, 5.41) is 8.71. The average Bonchev–Trinajstić information content (AvgIpc) is 2.96. The van der Waals surface area contributed by atoms with Gasteiger partial charge in [-0.25, -0.2) is 0 Å². The maximum Gasteiger partial charge on any atom is 0.308 e. The molecule has 0 spiro atoms. The van der Waals surface area contributed by atoms with E-state index in [1.165, 1.54) is 0 Å². The zero-order chi connectivity index (χ0) is 23.5. The number of carbonyl (C=O) groups is 1. The Morgan fingerprint density at radius 2 is 2.03 bits per heavy atom. The third-order valence-corrected chi connectivity index (χ3v) is 5.61. The standard InChI is InChI=1S/C26H30N4O3/c1-16(2)15-33-24(31)14-22-26-29-28-18(4)30(26)23-12-11-20(32-5)13-21(23)25(27-22)19-8-6-7-17(3)9-10-19/h6-13,16-17,22H,14-15H2,1-5H3. The highest BCUT2D eigenvalue weighted by Gasteiger charge is 2.30. The molecule has 2 atom stereocenters. The van der Waals surface area contributed by atoms with E-state index in [9.17, 15) is 4.79 Å². The quantitative estimate of drug-likeness (QED) is 0.601. The van der Waals surface area contributed by atoms with Crippen LogP contribution in [0.3, 0.4) is 0 Å². The van der Waals surface area contributed by atoms with Crippen LogP contribution < -0.4 is 4.74 Å². The van der Waals surface area contributed by atoms with Crippen molar-refractivity contribution in [2.45, 2.75) is 40.2 Å². The Bertz CT molecular complexity index is 1170. The lowest BCUT2D eigenvalue weighted by Gasteiger charge is -2.14. The largest absolute Gasteiger partial charge is 0.497 e. The van der Waals surface area contributed by atoms with Crippen LogP contribution in [-0.2, 0) is 9.53 Å². The Kier molecular flexibility index (Phi) is 6.58. The molecule has 0 N–H and O–H groups in total. The molecule has 0 saturated carbocycles. The molecule has 0 amide bonds. The van der Waals surface area contributed by atoms with Crippen LogP contribution in [0.4, 0.5) is 0 Å². The topological polar surface area (TPSA) is 78.6 Å². The number of hydrogen-bond donors (Lipinski definition) is 0. The van der Waals surface area contributed by atoms with Gasteiger partial charge in [-0.05, 0) is 37.0 Å². The number of carbonyl (C=O) groups excluding carboxylic acids is 1. The number of aromatic nitrogens is 3. The summed E-state index contributed by atoms with van der Waals surface area (Å²) in [6, 6.07) is 5.35. The molecule has 1 aliphatic carbocycles. The predicted octanol–water partition coefficient (Wildman–Crippen LogP) is 4.71. The van der Waals surface area contributed by atoms with Gasteiger partial charge in [0.1, 0.15) is 17.6 Å². The maximum atomic E-state index is 12.7. The number of allylic oxidation sites excluding steroid dienone is 6. The predicted molar refractivity (Wildman–Crippen MR) is 128 cm³/mol. The molecule has 1 aliphatic heterocycles. The van der Waals surface area contributed by atoms with Crippen LogP contribution >= 0.6 is 0 Å². The van der Waals surface area contributed by atoms with Gasteiger partial charge in [0.05, 0.1) is 31.5 Å². The normalized spacial score (nSPS) is 19.2. The number of aryl methyl sites for hydroxylation is 1. The minimum absolute atomic E-state index is 0.0860. The Morgan fingerprint density at radius 3 is 2.79 bits per heavy atom. The van der Waals surface area contributed by atoms with Crippen molar-refractivity contribution in [3.8, 4) is 11.4 Å². The van der Waals surface area contributed by atoms with E-state index in [4.69, 9.17) is 14.5 Å². The third kappa shape index (κ3) is 4.82. The highest BCUT2D eigenvalue weighted by atomic mass is 16.5. The molecule has 0 bridgehead atoms. The van der Waals surface area contributed by atoms with Gasteiger partial charge in [0.25, 0.3) is 0 Å². The molecule has 2 aromatic rings. The van der Waals surface area contributed by atoms with Crippen LogP contribution in [0.15, 0.2) is 59.1 Å². The van der Waals surface area contributed by atoms with Gasteiger partial charge in [0, 0.05) is 11.1 Å². The number of aliphatic imine (C=N–C) groups is 1. The highest BCUT2D eigenvalue weighted by Crippen LogP contribution is 2.35. The molecule has 33 heavy (non-hydrogen) atoms. The van der Waals surface area contributed by atoms with E-state index < -0.39 is 6.04 Å². The average molecular weight is 447 g/mol. The number of hydrogen-bond acceptors (Lipinski definition) is 6. The van der Waals surface area contributed by atoms with Gasteiger partial charge in [0.15, 0.2) is 5.82 Å². The first-order valence-electron chi connectivity index (χ1n) is 11.3. The molecule has 1 aromatic carbocycles. The lowest BCUT2D eigenvalue weighted by molar-refractivity contribution is -0.145. The van der Waals surface area contributed by atoms with Crippen LogP contribution in [0.25, 0.3) is 5.69 Å². The molecule has 0 saturated heterocycles. The van der Waals surface area contributed by atoms with Crippen molar-refractivity contribution in [1.82, 2.24) is 14.8 Å². The SMILES string of the molecule is COc1ccc2c(c1)C(C1=CC=CC(C)C=C1)=NC(CC(=O)OCC(C)C)c1nnc(C)n1-2. The van der Waals surface area contributed by atoms with E-state index >= 15 is 0 Å². The van der Waals surface area contributed by atoms with Gasteiger partial charge in [0.2, 0.25) is 0 Å². The minimum atomic E-state index is -0.529. The first-order chi connectivity index (χ1) is 15.9. The summed E-state index contributed by atoms with van der Waals surface area (Å²) in [7, 11) is 1.65. The molecule has 0 radical (unpaired) electrons. The molecule has 7 nitrogen and oxygen atoms in total. The van der Waals surface area contributed by atoms with E-state index in [0.29, 0.717) is 18.3 Å². The zero-order valence-electron chi connectivity index (χ0n) is 19.8. The van der Waals surface area contributed by atoms with Crippen molar-refractivity contribution in [2.75, 3.05) is 13.7 Å². The lowest BCUT2D eigenvalue weighted by atomic mass is 9.99. The van der Waals surface area contributed by atoms with Gasteiger partial charge < -0.3 is 9.47 Å². The van der Waals surface area contributed by atoms with Gasteiger partial charge >= 0.3 is 5.97 Å². The molecule has 2 unspecified atom stereocenters. The van der Waals surface area contributed by atoms with Crippen molar-refractivity contribution in [3.05, 3.63) is 71.4 Å². The van der Waals surface area contributed by atoms with E-state index in [1.807, 2.05) is 49.6 Å². The second kappa shape index (κ2) is 9.57.